The van der Waals surface area contributed by atoms with Gasteiger partial charge < -0.3 is 20.1 Å². The molecule has 0 saturated carbocycles. The molecule has 21 heavy (non-hydrogen) atoms. The molecule has 6 heteroatoms. The fourth-order valence-corrected chi connectivity index (χ4v) is 2.00. The molecule has 0 aliphatic carbocycles. The Balaban J connectivity index is 2.56. The zero-order valence-electron chi connectivity index (χ0n) is 12.7. The Hall–Kier alpha value is -1.82. The number of amides is 1. The van der Waals surface area contributed by atoms with E-state index >= 15 is 0 Å². The molecule has 0 saturated heterocycles. The smallest absolute Gasteiger partial charge is 0.226 e. The monoisotopic (exact) mass is 310 g/mol. The van der Waals surface area contributed by atoms with Crippen LogP contribution >= 0.6 is 12.2 Å². The number of nitrogens with one attached hydrogen (secondary N) is 2. The second kappa shape index (κ2) is 9.18. The predicted molar refractivity (Wildman–Crippen MR) is 88.1 cm³/mol. The number of benzene rings is 1. The van der Waals surface area contributed by atoms with Gasteiger partial charge in [0.05, 0.1) is 19.9 Å². The van der Waals surface area contributed by atoms with Gasteiger partial charge in [0.15, 0.2) is 5.11 Å². The molecule has 0 radical (unpaired) electrons. The van der Waals surface area contributed by atoms with Gasteiger partial charge in [0.2, 0.25) is 5.91 Å². The summed E-state index contributed by atoms with van der Waals surface area (Å²) in [7, 11) is 3.15. The van der Waals surface area contributed by atoms with Gasteiger partial charge in [-0.15, -0.1) is 0 Å². The van der Waals surface area contributed by atoms with Crippen LogP contribution < -0.4 is 20.1 Å². The van der Waals surface area contributed by atoms with Gasteiger partial charge in [-0.3, -0.25) is 4.79 Å². The Morgan fingerprint density at radius 3 is 2.62 bits per heavy atom. The fraction of sp³-hybridized carbons (Fsp3) is 0.467. The predicted octanol–water partition coefficient (Wildman–Crippen LogP) is 3.10. The number of carbonyl (C=O) groups excluding carboxylic acids is 1. The van der Waals surface area contributed by atoms with Crippen molar-refractivity contribution in [2.75, 3.05) is 19.5 Å². The summed E-state index contributed by atoms with van der Waals surface area (Å²) in [6.45, 7) is 2.10. The highest BCUT2D eigenvalue weighted by Gasteiger charge is 2.09. The van der Waals surface area contributed by atoms with Crippen molar-refractivity contribution in [1.82, 2.24) is 5.32 Å². The molecule has 0 heterocycles. The van der Waals surface area contributed by atoms with Crippen molar-refractivity contribution < 1.29 is 14.3 Å². The average molecular weight is 310 g/mol. The topological polar surface area (TPSA) is 59.6 Å². The van der Waals surface area contributed by atoms with Crippen LogP contribution in [0.2, 0.25) is 0 Å². The molecule has 0 bridgehead atoms. The lowest BCUT2D eigenvalue weighted by molar-refractivity contribution is -0.119. The molecule has 0 fully saturated rings. The number of ether oxygens (including phenoxy) is 2. The van der Waals surface area contributed by atoms with E-state index in [9.17, 15) is 4.79 Å². The number of rotatable bonds is 7. The molecule has 5 nitrogen and oxygen atoms in total. The Morgan fingerprint density at radius 2 is 2.00 bits per heavy atom. The van der Waals surface area contributed by atoms with Crippen LogP contribution in [0.5, 0.6) is 11.5 Å². The maximum absolute atomic E-state index is 11.7. The SMILES string of the molecule is CCCCCC(=O)NC(=S)Nc1ccc(OC)cc1OC. The van der Waals surface area contributed by atoms with E-state index in [-0.39, 0.29) is 11.0 Å². The Kier molecular flexibility index (Phi) is 7.53. The lowest BCUT2D eigenvalue weighted by Gasteiger charge is -2.13. The largest absolute Gasteiger partial charge is 0.497 e. The maximum atomic E-state index is 11.7. The Morgan fingerprint density at radius 1 is 1.24 bits per heavy atom. The lowest BCUT2D eigenvalue weighted by Crippen LogP contribution is -2.34. The number of unbranched alkanes of at least 4 members (excludes halogenated alkanes) is 2. The van der Waals surface area contributed by atoms with E-state index in [1.54, 1.807) is 32.4 Å². The summed E-state index contributed by atoms with van der Waals surface area (Å²) < 4.78 is 10.4. The highest BCUT2D eigenvalue weighted by molar-refractivity contribution is 7.80. The number of hydrogen-bond donors (Lipinski definition) is 2. The minimum Gasteiger partial charge on any atom is -0.497 e. The molecule has 1 aromatic carbocycles. The number of hydrogen-bond acceptors (Lipinski definition) is 4. The van der Waals surface area contributed by atoms with E-state index in [2.05, 4.69) is 17.6 Å². The highest BCUT2D eigenvalue weighted by Crippen LogP contribution is 2.28. The molecule has 0 aliphatic rings. The summed E-state index contributed by atoms with van der Waals surface area (Å²) in [6.07, 6.45) is 3.48. The van der Waals surface area contributed by atoms with Crippen LogP contribution in [0.1, 0.15) is 32.6 Å². The number of methoxy groups -OCH3 is 2. The number of thiocarbonyl (C=S) groups is 1. The summed E-state index contributed by atoms with van der Waals surface area (Å²) in [4.78, 5) is 11.7. The third-order valence-electron chi connectivity index (χ3n) is 2.92. The van der Waals surface area contributed by atoms with Crippen molar-refractivity contribution in [3.8, 4) is 11.5 Å². The average Bonchev–Trinajstić information content (AvgIpc) is 2.47. The van der Waals surface area contributed by atoms with Gasteiger partial charge in [-0.2, -0.15) is 0 Å². The quantitative estimate of drug-likeness (QED) is 0.598. The van der Waals surface area contributed by atoms with Crippen molar-refractivity contribution in [2.24, 2.45) is 0 Å². The maximum Gasteiger partial charge on any atom is 0.226 e. The standard InChI is InChI=1S/C15H22N2O3S/c1-4-5-6-7-14(18)17-15(21)16-12-9-8-11(19-2)10-13(12)20-3/h8-10H,4-7H2,1-3H3,(H2,16,17,18,21). The molecular weight excluding hydrogens is 288 g/mol. The molecule has 1 aromatic rings. The van der Waals surface area contributed by atoms with Crippen molar-refractivity contribution in [1.29, 1.82) is 0 Å². The first-order chi connectivity index (χ1) is 10.1. The first-order valence-electron chi connectivity index (χ1n) is 6.93. The van der Waals surface area contributed by atoms with E-state index in [0.29, 0.717) is 23.6 Å². The van der Waals surface area contributed by atoms with E-state index in [1.165, 1.54) is 0 Å². The lowest BCUT2D eigenvalue weighted by atomic mass is 10.2. The van der Waals surface area contributed by atoms with Crippen molar-refractivity contribution in [2.45, 2.75) is 32.6 Å². The van der Waals surface area contributed by atoms with Crippen LogP contribution in [-0.4, -0.2) is 25.2 Å². The van der Waals surface area contributed by atoms with Gasteiger partial charge in [-0.05, 0) is 30.8 Å². The van der Waals surface area contributed by atoms with Crippen LogP contribution in [0.3, 0.4) is 0 Å². The van der Waals surface area contributed by atoms with Crippen LogP contribution in [0.25, 0.3) is 0 Å². The minimum absolute atomic E-state index is 0.0755. The van der Waals surface area contributed by atoms with E-state index in [1.807, 2.05) is 0 Å². The molecule has 0 spiro atoms. The first-order valence-corrected chi connectivity index (χ1v) is 7.34. The summed E-state index contributed by atoms with van der Waals surface area (Å²) in [5.74, 6) is 1.21. The van der Waals surface area contributed by atoms with Crippen LogP contribution in [0.15, 0.2) is 18.2 Å². The van der Waals surface area contributed by atoms with Crippen LogP contribution in [0.4, 0.5) is 5.69 Å². The van der Waals surface area contributed by atoms with Crippen LogP contribution in [-0.2, 0) is 4.79 Å². The summed E-state index contributed by atoms with van der Waals surface area (Å²) in [6, 6.07) is 5.32. The zero-order chi connectivity index (χ0) is 15.7. The minimum atomic E-state index is -0.0755. The Labute approximate surface area is 131 Å². The third kappa shape index (κ3) is 5.99. The normalized spacial score (nSPS) is 9.86. The highest BCUT2D eigenvalue weighted by atomic mass is 32.1. The third-order valence-corrected chi connectivity index (χ3v) is 3.12. The number of anilines is 1. The summed E-state index contributed by atoms with van der Waals surface area (Å²) in [5, 5.41) is 5.88. The van der Waals surface area contributed by atoms with Gasteiger partial charge in [-0.1, -0.05) is 19.8 Å². The van der Waals surface area contributed by atoms with Gasteiger partial charge >= 0.3 is 0 Å². The number of carbonyl (C=O) groups is 1. The second-order valence-corrected chi connectivity index (χ2v) is 4.93. The molecule has 0 aliphatic heterocycles. The summed E-state index contributed by atoms with van der Waals surface area (Å²) in [5.41, 5.74) is 0.678. The van der Waals surface area contributed by atoms with Crippen molar-refractivity contribution in [3.63, 3.8) is 0 Å². The fourth-order valence-electron chi connectivity index (χ4n) is 1.78. The van der Waals surface area contributed by atoms with Gasteiger partial charge in [-0.25, -0.2) is 0 Å². The van der Waals surface area contributed by atoms with Crippen LogP contribution in [0, 0.1) is 0 Å². The molecule has 0 atom stereocenters. The van der Waals surface area contributed by atoms with Crippen molar-refractivity contribution in [3.05, 3.63) is 18.2 Å². The molecule has 0 aromatic heterocycles. The molecule has 0 unspecified atom stereocenters. The van der Waals surface area contributed by atoms with Gasteiger partial charge in [0.25, 0.3) is 0 Å². The van der Waals surface area contributed by atoms with Gasteiger partial charge in [0.1, 0.15) is 11.5 Å². The molecule has 116 valence electrons. The molecule has 2 N–H and O–H groups in total. The molecule has 1 amide bonds. The summed E-state index contributed by atoms with van der Waals surface area (Å²) >= 11 is 5.13. The van der Waals surface area contributed by atoms with Gasteiger partial charge in [0, 0.05) is 12.5 Å². The Bertz CT molecular complexity index is 492. The molecular formula is C15H22N2O3S. The first kappa shape index (κ1) is 17.2. The van der Waals surface area contributed by atoms with E-state index in [0.717, 1.165) is 19.3 Å². The molecule has 1 rings (SSSR count). The van der Waals surface area contributed by atoms with Crippen molar-refractivity contribution >= 4 is 28.9 Å². The zero-order valence-corrected chi connectivity index (χ0v) is 13.5. The van der Waals surface area contributed by atoms with E-state index in [4.69, 9.17) is 21.7 Å². The van der Waals surface area contributed by atoms with E-state index < -0.39 is 0 Å². The second-order valence-electron chi connectivity index (χ2n) is 4.53.